The van der Waals surface area contributed by atoms with Crippen LogP contribution < -0.4 is 15.4 Å². The molecule has 5 nitrogen and oxygen atoms in total. The van der Waals surface area contributed by atoms with Crippen LogP contribution in [0, 0.1) is 5.82 Å². The van der Waals surface area contributed by atoms with Crippen LogP contribution in [0.25, 0.3) is 0 Å². The van der Waals surface area contributed by atoms with E-state index in [4.69, 9.17) is 15.7 Å². The number of nitrogens with two attached hydrogens (primary N) is 1. The number of methoxy groups -OCH3 is 1. The fourth-order valence-corrected chi connectivity index (χ4v) is 1.92. The van der Waals surface area contributed by atoms with Gasteiger partial charge in [-0.3, -0.25) is 4.79 Å². The summed E-state index contributed by atoms with van der Waals surface area (Å²) in [5.41, 5.74) is 6.18. The van der Waals surface area contributed by atoms with E-state index in [0.29, 0.717) is 6.54 Å². The second-order valence-electron chi connectivity index (χ2n) is 4.28. The highest BCUT2D eigenvalue weighted by Gasteiger charge is 2.23. The molecule has 0 spiro atoms. The van der Waals surface area contributed by atoms with Crippen molar-refractivity contribution in [2.24, 2.45) is 5.73 Å². The van der Waals surface area contributed by atoms with Crippen LogP contribution in [0.2, 0.25) is 0 Å². The first-order valence-electron chi connectivity index (χ1n) is 6.14. The minimum atomic E-state index is -0.892. The zero-order chi connectivity index (χ0) is 15.4. The molecule has 0 fully saturated rings. The predicted octanol–water partition coefficient (Wildman–Crippen LogP) is 2.38. The fraction of sp³-hybridized carbons (Fsp3) is 0.133. The van der Waals surface area contributed by atoms with Crippen molar-refractivity contribution in [1.82, 2.24) is 0 Å². The number of carbonyl (C=O) groups excluding carboxylic acids is 1. The molecule has 0 aromatic heterocycles. The SMILES string of the molecule is COc1ccc(OO)c(C(=O)c2ccc(CN)cc2)c1F. The molecule has 0 unspecified atom stereocenters. The van der Waals surface area contributed by atoms with Crippen LogP contribution >= 0.6 is 0 Å². The topological polar surface area (TPSA) is 81.8 Å². The Morgan fingerprint density at radius 3 is 2.33 bits per heavy atom. The molecule has 0 heterocycles. The van der Waals surface area contributed by atoms with Crippen LogP contribution in [0.4, 0.5) is 4.39 Å². The van der Waals surface area contributed by atoms with Gasteiger partial charge < -0.3 is 15.4 Å². The summed E-state index contributed by atoms with van der Waals surface area (Å²) in [5, 5.41) is 8.81. The minimum absolute atomic E-state index is 0.113. The first kappa shape index (κ1) is 15.0. The summed E-state index contributed by atoms with van der Waals surface area (Å²) in [5.74, 6) is -1.91. The molecule has 6 heteroatoms. The average molecular weight is 291 g/mol. The molecule has 0 aliphatic carbocycles. The Morgan fingerprint density at radius 2 is 1.81 bits per heavy atom. The molecule has 2 rings (SSSR count). The Labute approximate surface area is 120 Å². The van der Waals surface area contributed by atoms with Crippen molar-refractivity contribution in [3.05, 3.63) is 58.9 Å². The standard InChI is InChI=1S/C15H14FNO4/c1-20-12-7-6-11(21-19)13(14(12)16)15(18)10-4-2-9(8-17)3-5-10/h2-7,19H,8,17H2,1H3. The molecule has 0 bridgehead atoms. The summed E-state index contributed by atoms with van der Waals surface area (Å²) in [6, 6.07) is 8.92. The van der Waals surface area contributed by atoms with Crippen LogP contribution in [-0.2, 0) is 6.54 Å². The summed E-state index contributed by atoms with van der Waals surface area (Å²) < 4.78 is 19.1. The van der Waals surface area contributed by atoms with Gasteiger partial charge in [0.25, 0.3) is 0 Å². The lowest BCUT2D eigenvalue weighted by atomic mass is 10.0. The van der Waals surface area contributed by atoms with Gasteiger partial charge in [-0.25, -0.2) is 9.65 Å². The molecule has 0 saturated carbocycles. The van der Waals surface area contributed by atoms with E-state index in [0.717, 1.165) is 5.56 Å². The van der Waals surface area contributed by atoms with E-state index < -0.39 is 17.2 Å². The molecule has 0 radical (unpaired) electrons. The van der Waals surface area contributed by atoms with E-state index in [2.05, 4.69) is 4.89 Å². The lowest BCUT2D eigenvalue weighted by Gasteiger charge is -2.10. The molecule has 0 aliphatic heterocycles. The third kappa shape index (κ3) is 2.86. The van der Waals surface area contributed by atoms with Crippen molar-refractivity contribution in [3.8, 4) is 11.5 Å². The lowest BCUT2D eigenvalue weighted by molar-refractivity contribution is -0.138. The van der Waals surface area contributed by atoms with Crippen LogP contribution in [0.1, 0.15) is 21.5 Å². The molecule has 0 saturated heterocycles. The Balaban J connectivity index is 2.50. The summed E-state index contributed by atoms with van der Waals surface area (Å²) in [7, 11) is 1.28. The first-order valence-corrected chi connectivity index (χ1v) is 6.14. The Hall–Kier alpha value is -2.44. The molecule has 3 N–H and O–H groups in total. The van der Waals surface area contributed by atoms with Crippen molar-refractivity contribution in [2.45, 2.75) is 6.54 Å². The van der Waals surface area contributed by atoms with Gasteiger partial charge in [-0.15, -0.1) is 0 Å². The number of hydrogen-bond donors (Lipinski definition) is 2. The van der Waals surface area contributed by atoms with Crippen LogP contribution in [0.3, 0.4) is 0 Å². The molecule has 21 heavy (non-hydrogen) atoms. The van der Waals surface area contributed by atoms with Gasteiger partial charge in [0.1, 0.15) is 5.56 Å². The number of ketones is 1. The number of rotatable bonds is 5. The van der Waals surface area contributed by atoms with Gasteiger partial charge in [0.15, 0.2) is 23.1 Å². The fourth-order valence-electron chi connectivity index (χ4n) is 1.92. The zero-order valence-corrected chi connectivity index (χ0v) is 11.3. The number of benzene rings is 2. The molecule has 0 atom stereocenters. The molecule has 2 aromatic rings. The van der Waals surface area contributed by atoms with E-state index in [9.17, 15) is 9.18 Å². The highest BCUT2D eigenvalue weighted by atomic mass is 19.1. The number of hydrogen-bond acceptors (Lipinski definition) is 5. The summed E-state index contributed by atoms with van der Waals surface area (Å²) in [6.07, 6.45) is 0. The Bertz CT molecular complexity index is 655. The Kier molecular flexibility index (Phi) is 4.52. The smallest absolute Gasteiger partial charge is 0.200 e. The number of halogens is 1. The minimum Gasteiger partial charge on any atom is -0.494 e. The molecular weight excluding hydrogens is 277 g/mol. The average Bonchev–Trinajstić information content (AvgIpc) is 2.54. The maximum Gasteiger partial charge on any atom is 0.200 e. The van der Waals surface area contributed by atoms with Crippen LogP contribution in [-0.4, -0.2) is 18.2 Å². The third-order valence-corrected chi connectivity index (χ3v) is 3.07. The van der Waals surface area contributed by atoms with Gasteiger partial charge in [-0.1, -0.05) is 24.3 Å². The quantitative estimate of drug-likeness (QED) is 0.502. The normalized spacial score (nSPS) is 10.3. The maximum absolute atomic E-state index is 14.2. The van der Waals surface area contributed by atoms with Gasteiger partial charge in [0, 0.05) is 12.1 Å². The monoisotopic (exact) mass is 291 g/mol. The maximum atomic E-state index is 14.2. The zero-order valence-electron chi connectivity index (χ0n) is 11.3. The Morgan fingerprint density at radius 1 is 1.19 bits per heavy atom. The third-order valence-electron chi connectivity index (χ3n) is 3.07. The largest absolute Gasteiger partial charge is 0.494 e. The van der Waals surface area contributed by atoms with Crippen molar-refractivity contribution in [1.29, 1.82) is 0 Å². The second-order valence-corrected chi connectivity index (χ2v) is 4.28. The van der Waals surface area contributed by atoms with Crippen LogP contribution in [0.5, 0.6) is 11.5 Å². The molecular formula is C15H14FNO4. The molecule has 110 valence electrons. The highest BCUT2D eigenvalue weighted by Crippen LogP contribution is 2.30. The molecule has 0 amide bonds. The van der Waals surface area contributed by atoms with Crippen molar-refractivity contribution in [2.75, 3.05) is 7.11 Å². The summed E-state index contributed by atoms with van der Waals surface area (Å²) in [4.78, 5) is 16.5. The predicted molar refractivity (Wildman–Crippen MR) is 74.0 cm³/mol. The molecule has 0 aliphatic rings. The number of carbonyl (C=O) groups is 1. The first-order chi connectivity index (χ1) is 10.1. The summed E-state index contributed by atoms with van der Waals surface area (Å²) >= 11 is 0. The lowest BCUT2D eigenvalue weighted by Crippen LogP contribution is -2.09. The van der Waals surface area contributed by atoms with Gasteiger partial charge in [-0.2, -0.15) is 0 Å². The van der Waals surface area contributed by atoms with E-state index in [1.54, 1.807) is 12.1 Å². The van der Waals surface area contributed by atoms with Gasteiger partial charge in [0.2, 0.25) is 0 Å². The second kappa shape index (κ2) is 6.34. The summed E-state index contributed by atoms with van der Waals surface area (Å²) in [6.45, 7) is 0.340. The van der Waals surface area contributed by atoms with E-state index in [1.807, 2.05) is 0 Å². The van der Waals surface area contributed by atoms with Crippen molar-refractivity contribution < 1.29 is 24.1 Å². The van der Waals surface area contributed by atoms with Crippen LogP contribution in [0.15, 0.2) is 36.4 Å². The van der Waals surface area contributed by atoms with E-state index >= 15 is 0 Å². The van der Waals surface area contributed by atoms with E-state index in [-0.39, 0.29) is 17.1 Å². The van der Waals surface area contributed by atoms with Crippen molar-refractivity contribution in [3.63, 3.8) is 0 Å². The molecule has 2 aromatic carbocycles. The van der Waals surface area contributed by atoms with E-state index in [1.165, 1.54) is 31.4 Å². The highest BCUT2D eigenvalue weighted by molar-refractivity contribution is 6.11. The van der Waals surface area contributed by atoms with Crippen molar-refractivity contribution >= 4 is 5.78 Å². The van der Waals surface area contributed by atoms with Gasteiger partial charge in [-0.05, 0) is 17.7 Å². The van der Waals surface area contributed by atoms with Gasteiger partial charge in [0.05, 0.1) is 7.11 Å². The van der Waals surface area contributed by atoms with Gasteiger partial charge >= 0.3 is 0 Å². The number of ether oxygens (including phenoxy) is 1.